The number of ether oxygens (including phenoxy) is 1. The number of amides is 5. The van der Waals surface area contributed by atoms with Gasteiger partial charge >= 0.3 is 13.9 Å². The Labute approximate surface area is 295 Å². The summed E-state index contributed by atoms with van der Waals surface area (Å²) in [6, 6.07) is 20.6. The molecule has 3 aromatic carbocycles. The molecule has 16 heteroatoms. The van der Waals surface area contributed by atoms with E-state index in [-0.39, 0.29) is 62.6 Å². The number of fused-ring (bicyclic) bond motifs is 1. The number of methoxy groups -OCH3 is 1. The smallest absolute Gasteiger partial charge is 0.404 e. The van der Waals surface area contributed by atoms with E-state index in [1.807, 2.05) is 30.3 Å². The van der Waals surface area contributed by atoms with Gasteiger partial charge in [0.1, 0.15) is 18.0 Å². The van der Waals surface area contributed by atoms with Crippen LogP contribution in [0.2, 0.25) is 0 Å². The number of carbonyl (C=O) groups is 4. The van der Waals surface area contributed by atoms with Gasteiger partial charge < -0.3 is 29.7 Å². The average Bonchev–Trinajstić information content (AvgIpc) is 3.10. The molecule has 2 fully saturated rings. The molecule has 0 radical (unpaired) electrons. The normalized spacial score (nSPS) is 17.9. The lowest BCUT2D eigenvalue weighted by atomic mass is 9.98. The zero-order valence-corrected chi connectivity index (χ0v) is 29.0. The summed E-state index contributed by atoms with van der Waals surface area (Å²) in [5.41, 5.74) is 2.53. The molecule has 0 saturated carbocycles. The molecule has 4 N–H and O–H groups in total. The van der Waals surface area contributed by atoms with Crippen molar-refractivity contribution in [1.29, 1.82) is 0 Å². The molecule has 51 heavy (non-hydrogen) atoms. The van der Waals surface area contributed by atoms with Gasteiger partial charge in [-0.05, 0) is 41.0 Å². The van der Waals surface area contributed by atoms with E-state index in [1.165, 1.54) is 29.2 Å². The van der Waals surface area contributed by atoms with Gasteiger partial charge in [0.05, 0.1) is 19.7 Å². The molecule has 0 aromatic heterocycles. The standard InChI is InChI=1S/C35H41N6O9P/c1-3-17-39-24-32(42)40-30(20-25-12-14-29(15-13-25)50-51(46,47)48)34(44)38(22-27-10-7-11-28(19-27)33(43)36-16-18-49-2)23-31(40)41(39)35(45)37-21-26-8-5-4-6-9-26/h3-15,19,30-31H,1,16-18,20-24H2,2H3,(H,36,43)(H,37,45)(H2,46,47,48)/t30-,31-/m0/s1. The maximum absolute atomic E-state index is 14.3. The van der Waals surface area contributed by atoms with E-state index in [0.717, 1.165) is 5.56 Å². The number of urea groups is 1. The predicted octanol–water partition coefficient (Wildman–Crippen LogP) is 2.27. The number of hydrogen-bond acceptors (Lipinski definition) is 8. The van der Waals surface area contributed by atoms with Crippen molar-refractivity contribution in [2.45, 2.75) is 31.7 Å². The van der Waals surface area contributed by atoms with Crippen LogP contribution in [0, 0.1) is 0 Å². The molecule has 2 aliphatic rings. The molecule has 5 rings (SSSR count). The molecule has 2 saturated heterocycles. The van der Waals surface area contributed by atoms with E-state index < -0.39 is 26.1 Å². The van der Waals surface area contributed by atoms with Crippen LogP contribution in [0.25, 0.3) is 0 Å². The highest BCUT2D eigenvalue weighted by atomic mass is 31.2. The minimum Gasteiger partial charge on any atom is -0.404 e. The summed E-state index contributed by atoms with van der Waals surface area (Å²) in [7, 11) is -3.25. The number of nitrogens with zero attached hydrogens (tertiary/aromatic N) is 4. The van der Waals surface area contributed by atoms with Gasteiger partial charge in [-0.15, -0.1) is 6.58 Å². The number of hydrazine groups is 1. The fourth-order valence-corrected chi connectivity index (χ4v) is 6.54. The quantitative estimate of drug-likeness (QED) is 0.110. The molecule has 0 bridgehead atoms. The summed E-state index contributed by atoms with van der Waals surface area (Å²) in [5.74, 6) is -1.09. The van der Waals surface area contributed by atoms with Gasteiger partial charge in [0.2, 0.25) is 11.8 Å². The van der Waals surface area contributed by atoms with Gasteiger partial charge in [0.15, 0.2) is 0 Å². The van der Waals surface area contributed by atoms with Crippen molar-refractivity contribution >= 4 is 31.6 Å². The minimum atomic E-state index is -4.79. The van der Waals surface area contributed by atoms with Gasteiger partial charge in [-0.25, -0.2) is 19.4 Å². The van der Waals surface area contributed by atoms with Crippen molar-refractivity contribution in [3.63, 3.8) is 0 Å². The van der Waals surface area contributed by atoms with Crippen LogP contribution in [-0.4, -0.2) is 105 Å². The first-order valence-corrected chi connectivity index (χ1v) is 17.8. The summed E-state index contributed by atoms with van der Waals surface area (Å²) in [6.07, 6.45) is 0.729. The molecule has 0 spiro atoms. The zero-order valence-electron chi connectivity index (χ0n) is 28.1. The highest BCUT2D eigenvalue weighted by molar-refractivity contribution is 7.46. The second-order valence-corrected chi connectivity index (χ2v) is 13.2. The van der Waals surface area contributed by atoms with E-state index in [2.05, 4.69) is 21.7 Å². The Kier molecular flexibility index (Phi) is 12.2. The van der Waals surface area contributed by atoms with Crippen molar-refractivity contribution in [3.8, 4) is 5.75 Å². The molecule has 2 aliphatic heterocycles. The second-order valence-electron chi connectivity index (χ2n) is 12.0. The monoisotopic (exact) mass is 720 g/mol. The van der Waals surface area contributed by atoms with Crippen LogP contribution < -0.4 is 15.2 Å². The van der Waals surface area contributed by atoms with Gasteiger partial charge in [0.25, 0.3) is 5.91 Å². The number of piperazine rings is 1. The lowest BCUT2D eigenvalue weighted by Crippen LogP contribution is -2.76. The lowest BCUT2D eigenvalue weighted by Gasteiger charge is -2.55. The number of phosphoric acid groups is 1. The summed E-state index contributed by atoms with van der Waals surface area (Å²) in [6.45, 7) is 4.79. The van der Waals surface area contributed by atoms with Crippen molar-refractivity contribution < 1.29 is 42.8 Å². The first kappa shape index (κ1) is 37.2. The SMILES string of the molecule is C=CCN1CC(=O)N2[C@@H](Cc3ccc(OP(=O)(O)O)cc3)C(=O)N(Cc3cccc(C(=O)NCCOC)c3)C[C@@H]2N1C(=O)NCc1ccccc1. The van der Waals surface area contributed by atoms with Gasteiger partial charge in [-0.1, -0.05) is 60.7 Å². The maximum Gasteiger partial charge on any atom is 0.524 e. The van der Waals surface area contributed by atoms with Crippen molar-refractivity contribution in [2.24, 2.45) is 0 Å². The minimum absolute atomic E-state index is 0.0210. The largest absolute Gasteiger partial charge is 0.524 e. The lowest BCUT2D eigenvalue weighted by molar-refractivity contribution is -0.189. The molecule has 3 aromatic rings. The molecule has 0 aliphatic carbocycles. The van der Waals surface area contributed by atoms with Crippen LogP contribution in [0.5, 0.6) is 5.75 Å². The van der Waals surface area contributed by atoms with Gasteiger partial charge in [0, 0.05) is 45.3 Å². The number of phosphoric ester groups is 1. The second kappa shape index (κ2) is 16.8. The number of carbonyl (C=O) groups excluding carboxylic acids is 4. The average molecular weight is 721 g/mol. The molecule has 5 amide bonds. The van der Waals surface area contributed by atoms with Crippen molar-refractivity contribution in [2.75, 3.05) is 39.9 Å². The molecular formula is C35H41N6O9P. The maximum atomic E-state index is 14.3. The summed E-state index contributed by atoms with van der Waals surface area (Å²) < 4.78 is 21.0. The Balaban J connectivity index is 1.47. The number of hydrogen-bond donors (Lipinski definition) is 4. The molecule has 270 valence electrons. The van der Waals surface area contributed by atoms with E-state index in [1.54, 1.807) is 52.4 Å². The van der Waals surface area contributed by atoms with Crippen molar-refractivity contribution in [1.82, 2.24) is 30.5 Å². The van der Waals surface area contributed by atoms with Gasteiger partial charge in [-0.2, -0.15) is 0 Å². The third kappa shape index (κ3) is 9.60. The Morgan fingerprint density at radius 2 is 1.71 bits per heavy atom. The highest BCUT2D eigenvalue weighted by Gasteiger charge is 2.51. The molecule has 15 nitrogen and oxygen atoms in total. The summed E-state index contributed by atoms with van der Waals surface area (Å²) in [4.78, 5) is 76.4. The molecule has 2 heterocycles. The van der Waals surface area contributed by atoms with E-state index in [0.29, 0.717) is 29.8 Å². The Morgan fingerprint density at radius 3 is 2.39 bits per heavy atom. The summed E-state index contributed by atoms with van der Waals surface area (Å²) >= 11 is 0. The fraction of sp³-hybridized carbons (Fsp3) is 0.314. The molecule has 2 atom stereocenters. The summed E-state index contributed by atoms with van der Waals surface area (Å²) in [5, 5.41) is 8.80. The van der Waals surface area contributed by atoms with Crippen LogP contribution in [0.4, 0.5) is 4.79 Å². The van der Waals surface area contributed by atoms with Crippen LogP contribution in [0.3, 0.4) is 0 Å². The van der Waals surface area contributed by atoms with E-state index in [9.17, 15) is 33.5 Å². The number of benzene rings is 3. The fourth-order valence-electron chi connectivity index (χ4n) is 6.15. The number of nitrogens with one attached hydrogen (secondary N) is 2. The highest BCUT2D eigenvalue weighted by Crippen LogP contribution is 2.37. The first-order chi connectivity index (χ1) is 24.5. The Morgan fingerprint density at radius 1 is 0.980 bits per heavy atom. The van der Waals surface area contributed by atoms with Crippen LogP contribution in [0.1, 0.15) is 27.0 Å². The van der Waals surface area contributed by atoms with Crippen LogP contribution in [-0.2, 0) is 38.4 Å². The van der Waals surface area contributed by atoms with E-state index in [4.69, 9.17) is 4.74 Å². The van der Waals surface area contributed by atoms with Crippen molar-refractivity contribution in [3.05, 3.63) is 114 Å². The molecular weight excluding hydrogens is 679 g/mol. The predicted molar refractivity (Wildman–Crippen MR) is 186 cm³/mol. The van der Waals surface area contributed by atoms with Crippen LogP contribution >= 0.6 is 7.82 Å². The third-order valence-electron chi connectivity index (χ3n) is 8.40. The third-order valence-corrected chi connectivity index (χ3v) is 8.84. The first-order valence-electron chi connectivity index (χ1n) is 16.2. The Bertz CT molecular complexity index is 1770. The van der Waals surface area contributed by atoms with Crippen LogP contribution in [0.15, 0.2) is 91.5 Å². The zero-order chi connectivity index (χ0) is 36.5. The topological polar surface area (TPSA) is 181 Å². The van der Waals surface area contributed by atoms with Gasteiger partial charge in [-0.3, -0.25) is 24.2 Å². The van der Waals surface area contributed by atoms with E-state index >= 15 is 0 Å². The number of rotatable bonds is 14. The Hall–Kier alpha value is -5.05. The molecule has 0 unspecified atom stereocenters.